The Kier molecular flexibility index (Phi) is 3.64. The number of benzene rings is 2. The molecule has 1 aliphatic rings. The third kappa shape index (κ3) is 2.44. The summed E-state index contributed by atoms with van der Waals surface area (Å²) in [7, 11) is 0. The van der Waals surface area contributed by atoms with E-state index in [1.54, 1.807) is 0 Å². The van der Waals surface area contributed by atoms with Crippen LogP contribution in [0.1, 0.15) is 36.8 Å². The highest BCUT2D eigenvalue weighted by atomic mass is 32.1. The molecule has 0 nitrogen and oxygen atoms in total. The maximum Gasteiger partial charge on any atom is 0.0180 e. The molecule has 2 heteroatoms. The van der Waals surface area contributed by atoms with E-state index in [2.05, 4.69) is 68.6 Å². The van der Waals surface area contributed by atoms with Gasteiger partial charge in [-0.1, -0.05) is 24.3 Å². The van der Waals surface area contributed by atoms with Gasteiger partial charge in [-0.25, -0.2) is 0 Å². The SMILES string of the molecule is C/C=C\C1CCCc2cc3cc(S)c(S)cc3cc21. The topological polar surface area (TPSA) is 0 Å². The summed E-state index contributed by atoms with van der Waals surface area (Å²) in [6.45, 7) is 2.11. The van der Waals surface area contributed by atoms with Gasteiger partial charge in [-0.3, -0.25) is 0 Å². The molecule has 0 fully saturated rings. The zero-order valence-corrected chi connectivity index (χ0v) is 12.8. The molecule has 0 saturated heterocycles. The highest BCUT2D eigenvalue weighted by Crippen LogP contribution is 2.36. The summed E-state index contributed by atoms with van der Waals surface area (Å²) in [4.78, 5) is 1.91. The molecule has 3 rings (SSSR count). The Morgan fingerprint density at radius 1 is 1.05 bits per heavy atom. The first-order valence-electron chi connectivity index (χ1n) is 6.80. The van der Waals surface area contributed by atoms with E-state index < -0.39 is 0 Å². The van der Waals surface area contributed by atoms with Crippen LogP contribution in [0.2, 0.25) is 0 Å². The van der Waals surface area contributed by atoms with Crippen molar-refractivity contribution < 1.29 is 0 Å². The van der Waals surface area contributed by atoms with Crippen LogP contribution in [0.15, 0.2) is 46.2 Å². The zero-order chi connectivity index (χ0) is 13.4. The van der Waals surface area contributed by atoms with Crippen molar-refractivity contribution in [3.8, 4) is 0 Å². The second-order valence-corrected chi connectivity index (χ2v) is 6.23. The number of rotatable bonds is 1. The van der Waals surface area contributed by atoms with E-state index in [0.29, 0.717) is 5.92 Å². The fourth-order valence-corrected chi connectivity index (χ4v) is 3.46. The summed E-state index contributed by atoms with van der Waals surface area (Å²) < 4.78 is 0. The predicted molar refractivity (Wildman–Crippen MR) is 88.9 cm³/mol. The van der Waals surface area contributed by atoms with Crippen molar-refractivity contribution in [3.05, 3.63) is 47.5 Å². The molecule has 2 aromatic rings. The summed E-state index contributed by atoms with van der Waals surface area (Å²) in [5.74, 6) is 0.581. The average molecular weight is 286 g/mol. The summed E-state index contributed by atoms with van der Waals surface area (Å²) in [5.41, 5.74) is 3.00. The van der Waals surface area contributed by atoms with E-state index in [9.17, 15) is 0 Å². The minimum atomic E-state index is 0.581. The van der Waals surface area contributed by atoms with Crippen molar-refractivity contribution in [2.24, 2.45) is 0 Å². The number of hydrogen-bond donors (Lipinski definition) is 2. The van der Waals surface area contributed by atoms with Crippen LogP contribution < -0.4 is 0 Å². The zero-order valence-electron chi connectivity index (χ0n) is 11.1. The van der Waals surface area contributed by atoms with E-state index in [0.717, 1.165) is 9.79 Å². The van der Waals surface area contributed by atoms with Gasteiger partial charge < -0.3 is 0 Å². The van der Waals surface area contributed by atoms with Gasteiger partial charge in [0.2, 0.25) is 0 Å². The van der Waals surface area contributed by atoms with E-state index in [1.807, 2.05) is 0 Å². The fraction of sp³-hybridized carbons (Fsp3) is 0.294. The van der Waals surface area contributed by atoms with Crippen molar-refractivity contribution >= 4 is 36.0 Å². The van der Waals surface area contributed by atoms with Crippen molar-refractivity contribution in [1.29, 1.82) is 0 Å². The first-order chi connectivity index (χ1) is 9.19. The molecule has 0 heterocycles. The molecule has 0 N–H and O–H groups in total. The molecule has 1 atom stereocenters. The lowest BCUT2D eigenvalue weighted by atomic mass is 9.81. The van der Waals surface area contributed by atoms with Gasteiger partial charge in [0.15, 0.2) is 0 Å². The van der Waals surface area contributed by atoms with Gasteiger partial charge in [0.05, 0.1) is 0 Å². The van der Waals surface area contributed by atoms with Crippen LogP contribution in [0, 0.1) is 0 Å². The summed E-state index contributed by atoms with van der Waals surface area (Å²) in [6, 6.07) is 8.94. The molecule has 1 unspecified atom stereocenters. The standard InChI is InChI=1S/C17H18S2/c1-2-4-11-5-3-6-12-7-13-9-16(18)17(19)10-14(13)8-15(11)12/h2,4,7-11,18-19H,3,5-6H2,1H3/b4-2-. The molecule has 2 aromatic carbocycles. The van der Waals surface area contributed by atoms with Crippen LogP contribution >= 0.6 is 25.3 Å². The van der Waals surface area contributed by atoms with Crippen LogP contribution in [0.5, 0.6) is 0 Å². The highest BCUT2D eigenvalue weighted by molar-refractivity contribution is 7.83. The lowest BCUT2D eigenvalue weighted by Crippen LogP contribution is -2.07. The predicted octanol–water partition coefficient (Wildman–Crippen LogP) is 5.41. The molecule has 0 saturated carbocycles. The van der Waals surface area contributed by atoms with Crippen molar-refractivity contribution in [2.45, 2.75) is 41.9 Å². The lowest BCUT2D eigenvalue weighted by Gasteiger charge is -2.24. The third-order valence-corrected chi connectivity index (χ3v) is 4.89. The van der Waals surface area contributed by atoms with Gasteiger partial charge in [-0.15, -0.1) is 25.3 Å². The van der Waals surface area contributed by atoms with Crippen LogP contribution in [-0.2, 0) is 6.42 Å². The van der Waals surface area contributed by atoms with Crippen LogP contribution in [0.4, 0.5) is 0 Å². The summed E-state index contributed by atoms with van der Waals surface area (Å²) in [6.07, 6.45) is 8.25. The summed E-state index contributed by atoms with van der Waals surface area (Å²) >= 11 is 8.94. The minimum Gasteiger partial charge on any atom is -0.142 e. The van der Waals surface area contributed by atoms with Gasteiger partial charge in [0.25, 0.3) is 0 Å². The Balaban J connectivity index is 2.21. The molecule has 0 amide bonds. The van der Waals surface area contributed by atoms with Crippen molar-refractivity contribution in [3.63, 3.8) is 0 Å². The van der Waals surface area contributed by atoms with Gasteiger partial charge in [-0.05, 0) is 60.2 Å². The number of hydrogen-bond acceptors (Lipinski definition) is 2. The van der Waals surface area contributed by atoms with Gasteiger partial charge in [0.1, 0.15) is 0 Å². The molecular weight excluding hydrogens is 268 g/mol. The lowest BCUT2D eigenvalue weighted by molar-refractivity contribution is 0.630. The third-order valence-electron chi connectivity index (χ3n) is 3.98. The first-order valence-corrected chi connectivity index (χ1v) is 7.70. The Labute approximate surface area is 125 Å². The van der Waals surface area contributed by atoms with E-state index in [1.165, 1.54) is 41.2 Å². The highest BCUT2D eigenvalue weighted by Gasteiger charge is 2.18. The molecule has 19 heavy (non-hydrogen) atoms. The van der Waals surface area contributed by atoms with Crippen LogP contribution in [0.25, 0.3) is 10.8 Å². The normalized spacial score (nSPS) is 19.0. The maximum atomic E-state index is 4.47. The van der Waals surface area contributed by atoms with Crippen molar-refractivity contribution in [1.82, 2.24) is 0 Å². The second-order valence-electron chi connectivity index (χ2n) is 5.26. The largest absolute Gasteiger partial charge is 0.142 e. The molecule has 1 aliphatic carbocycles. The van der Waals surface area contributed by atoms with E-state index in [-0.39, 0.29) is 0 Å². The number of allylic oxidation sites excluding steroid dienone is 2. The number of thiol groups is 2. The van der Waals surface area contributed by atoms with Gasteiger partial charge in [0, 0.05) is 15.7 Å². The number of aryl methyl sites for hydroxylation is 1. The van der Waals surface area contributed by atoms with Gasteiger partial charge in [-0.2, -0.15) is 0 Å². The first kappa shape index (κ1) is 13.1. The maximum absolute atomic E-state index is 4.47. The fourth-order valence-electron chi connectivity index (χ4n) is 3.05. The minimum absolute atomic E-state index is 0.581. The number of fused-ring (bicyclic) bond motifs is 2. The summed E-state index contributed by atoms with van der Waals surface area (Å²) in [5, 5.41) is 2.56. The quantitative estimate of drug-likeness (QED) is 0.508. The molecule has 0 aromatic heterocycles. The van der Waals surface area contributed by atoms with Crippen molar-refractivity contribution in [2.75, 3.05) is 0 Å². The Morgan fingerprint density at radius 3 is 2.42 bits per heavy atom. The average Bonchev–Trinajstić information content (AvgIpc) is 2.39. The van der Waals surface area contributed by atoms with E-state index >= 15 is 0 Å². The Morgan fingerprint density at radius 2 is 1.74 bits per heavy atom. The monoisotopic (exact) mass is 286 g/mol. The van der Waals surface area contributed by atoms with E-state index in [4.69, 9.17) is 0 Å². The van der Waals surface area contributed by atoms with Gasteiger partial charge >= 0.3 is 0 Å². The molecule has 0 radical (unpaired) electrons. The van der Waals surface area contributed by atoms with Crippen LogP contribution in [0.3, 0.4) is 0 Å². The Bertz CT molecular complexity index is 656. The molecular formula is C17H18S2. The second kappa shape index (κ2) is 5.26. The molecule has 98 valence electrons. The molecule has 0 spiro atoms. The Hall–Kier alpha value is -0.860. The molecule has 0 bridgehead atoms. The molecule has 0 aliphatic heterocycles. The smallest absolute Gasteiger partial charge is 0.0180 e. The van der Waals surface area contributed by atoms with Crippen LogP contribution in [-0.4, -0.2) is 0 Å².